The molecule has 0 aliphatic heterocycles. The highest BCUT2D eigenvalue weighted by Crippen LogP contribution is 2.28. The average molecular weight is 1610 g/mol. The molecule has 0 aliphatic carbocycles. The molecule has 0 radical (unpaired) electrons. The van der Waals surface area contributed by atoms with Gasteiger partial charge < -0.3 is 20.4 Å². The van der Waals surface area contributed by atoms with E-state index in [0.717, 1.165) is 89.8 Å². The second-order valence-corrected chi connectivity index (χ2v) is 28.7. The van der Waals surface area contributed by atoms with Gasteiger partial charge in [0, 0.05) is 55.6 Å². The van der Waals surface area contributed by atoms with Crippen molar-refractivity contribution in [3.63, 3.8) is 0 Å². The van der Waals surface area contributed by atoms with E-state index in [1.807, 2.05) is 217 Å². The molecule has 0 fully saturated rings. The number of H-pyrrole nitrogens is 5. The zero-order valence-corrected chi connectivity index (χ0v) is 67.9. The molecule has 5 heterocycles. The molecule has 19 nitrogen and oxygen atoms in total. The predicted molar refractivity (Wildman–Crippen MR) is 476 cm³/mol. The Kier molecular flexibility index (Phi) is 30.7. The topological polar surface area (TPSA) is 310 Å². The molecule has 0 unspecified atom stereocenters. The number of benzene rings is 10. The molecule has 0 spiro atoms. The molecule has 0 saturated carbocycles. The van der Waals surface area contributed by atoms with Gasteiger partial charge in [-0.05, 0) is 197 Å². The normalized spacial score (nSPS) is 11.1. The minimum Gasteiger partial charge on any atom is -0.392 e. The lowest BCUT2D eigenvalue weighted by Crippen LogP contribution is -1.94. The standard InChI is InChI=1S/C21H20N2O3.C21H20N2O.C20H17FN2O2.C20H18N2O2.C19H16N2O/c1-14-2-4-15(5-3-14)21(26)9-8-19-11-20(23-22-19)16-6-7-17(12-24)18(10-16)13-25;1-14-4-7-17(8-5-14)21(24)11-10-19-13-20(23-22-19)18-9-6-15(2)16(3)12-18;1-13-2-5-15(6-3-13)20(25)9-7-16-11-19(23-22-16)17-8-4-14(12-24)10-18(17)21;1-14-2-6-17(7-3-14)20(24)11-10-18-12-19(22-21-18)16-8-4-15(13-23)5-9-16;1-14-7-9-16(10-8-14)19(22)12-11-17-13-18(21-20-17)15-5-3-2-4-6-15/h2-11,24-25H,12-13H2,1H3,(H,22,23);4-13H,1-3H3,(H,22,23);2-11,24H,12H2,1H3,(H,22,23);2-12,23H,13H2,1H3,(H,21,22);2-13H,1H3,(H,20,21)/b9-8+;11-10+;9-7+;11-10+;12-11+. The number of aliphatic hydroxyl groups excluding tert-OH is 4. The molecule has 0 atom stereocenters. The van der Waals surface area contributed by atoms with Gasteiger partial charge >= 0.3 is 0 Å². The second kappa shape index (κ2) is 42.8. The molecule has 5 aromatic heterocycles. The quantitative estimate of drug-likeness (QED) is 0.0201. The smallest absolute Gasteiger partial charge is 0.185 e. The minimum absolute atomic E-state index is 0.0164. The molecule has 606 valence electrons. The Balaban J connectivity index is 0.000000148. The summed E-state index contributed by atoms with van der Waals surface area (Å²) in [7, 11) is 0. The lowest BCUT2D eigenvalue weighted by Gasteiger charge is -2.06. The van der Waals surface area contributed by atoms with Crippen LogP contribution in [0.2, 0.25) is 0 Å². The number of hydrogen-bond acceptors (Lipinski definition) is 14. The number of allylic oxidation sites excluding steroid dienone is 5. The van der Waals surface area contributed by atoms with Gasteiger partial charge in [0.05, 0.1) is 83.4 Å². The molecule has 0 bridgehead atoms. The fraction of sp³-hybridized carbons (Fsp3) is 0.109. The van der Waals surface area contributed by atoms with Crippen LogP contribution in [0, 0.1) is 54.3 Å². The highest BCUT2D eigenvalue weighted by atomic mass is 19.1. The third kappa shape index (κ3) is 25.3. The number of aryl methyl sites for hydroxylation is 7. The van der Waals surface area contributed by atoms with Crippen molar-refractivity contribution in [1.82, 2.24) is 51.0 Å². The van der Waals surface area contributed by atoms with Crippen LogP contribution in [0.5, 0.6) is 0 Å². The first-order valence-corrected chi connectivity index (χ1v) is 38.9. The van der Waals surface area contributed by atoms with Gasteiger partial charge in [-0.25, -0.2) is 4.39 Å². The van der Waals surface area contributed by atoms with Gasteiger partial charge in [0.2, 0.25) is 0 Å². The summed E-state index contributed by atoms with van der Waals surface area (Å²) >= 11 is 0. The van der Waals surface area contributed by atoms with E-state index in [9.17, 15) is 38.6 Å². The molecule has 0 amide bonds. The van der Waals surface area contributed by atoms with Crippen LogP contribution in [-0.2, 0) is 26.4 Å². The zero-order valence-electron chi connectivity index (χ0n) is 67.9. The minimum atomic E-state index is -0.454. The fourth-order valence-corrected chi connectivity index (χ4v) is 12.0. The number of nitrogens with one attached hydrogen (secondary N) is 5. The van der Waals surface area contributed by atoms with Crippen LogP contribution in [0.3, 0.4) is 0 Å². The van der Waals surface area contributed by atoms with Crippen LogP contribution in [0.1, 0.15) is 141 Å². The van der Waals surface area contributed by atoms with Gasteiger partial charge in [0.15, 0.2) is 28.9 Å². The number of carbonyl (C=O) groups is 5. The number of nitrogens with zero attached hydrogens (tertiary/aromatic N) is 5. The summed E-state index contributed by atoms with van der Waals surface area (Å²) in [6.07, 6.45) is 16.2. The monoisotopic (exact) mass is 1610 g/mol. The molecule has 15 rings (SSSR count). The molecule has 10 aromatic carbocycles. The lowest BCUT2D eigenvalue weighted by molar-refractivity contribution is 0.103. The number of aliphatic hydroxyl groups is 4. The number of halogens is 1. The van der Waals surface area contributed by atoms with Crippen molar-refractivity contribution in [1.29, 1.82) is 0 Å². The maximum Gasteiger partial charge on any atom is 0.185 e. The van der Waals surface area contributed by atoms with Crippen molar-refractivity contribution in [2.45, 2.75) is 74.9 Å². The number of ketones is 5. The SMILES string of the molecule is Cc1ccc(C(=O)/C=C/c2cc(-c3ccc(C)c(C)c3)n[nH]2)cc1.Cc1ccc(C(=O)/C=C/c2cc(-c3ccc(CO)c(CO)c3)n[nH]2)cc1.Cc1ccc(C(=O)/C=C/c2cc(-c3ccc(CO)cc3)n[nH]2)cc1.Cc1ccc(C(=O)/C=C/c2cc(-c3ccc(CO)cc3F)n[nH]2)cc1.Cc1ccc(C(=O)/C=C/c2cc(-c3ccccc3)n[nH]2)cc1. The van der Waals surface area contributed by atoms with E-state index >= 15 is 0 Å². The summed E-state index contributed by atoms with van der Waals surface area (Å²) in [6.45, 7) is 13.7. The van der Waals surface area contributed by atoms with Crippen LogP contribution < -0.4 is 0 Å². The first-order chi connectivity index (χ1) is 58.6. The Morgan fingerprint density at radius 2 is 0.579 bits per heavy atom. The molecule has 15 aromatic rings. The van der Waals surface area contributed by atoms with Crippen LogP contribution in [0.4, 0.5) is 4.39 Å². The number of hydrogen-bond donors (Lipinski definition) is 9. The first kappa shape index (κ1) is 86.9. The first-order valence-electron chi connectivity index (χ1n) is 38.9. The van der Waals surface area contributed by atoms with E-state index in [2.05, 4.69) is 83.0 Å². The van der Waals surface area contributed by atoms with E-state index in [1.54, 1.807) is 97.1 Å². The average Bonchev–Trinajstić information content (AvgIpc) is 1.74. The van der Waals surface area contributed by atoms with E-state index in [0.29, 0.717) is 72.8 Å². The van der Waals surface area contributed by atoms with Crippen molar-refractivity contribution >= 4 is 59.3 Å². The fourth-order valence-electron chi connectivity index (χ4n) is 12.0. The van der Waals surface area contributed by atoms with Crippen molar-refractivity contribution < 1.29 is 48.8 Å². The summed E-state index contributed by atoms with van der Waals surface area (Å²) in [4.78, 5) is 60.7. The Bertz CT molecular complexity index is 6190. The maximum atomic E-state index is 14.1. The van der Waals surface area contributed by atoms with Crippen molar-refractivity contribution in [3.05, 3.63) is 415 Å². The Hall–Kier alpha value is -14.9. The number of rotatable bonds is 24. The van der Waals surface area contributed by atoms with Gasteiger partial charge in [-0.2, -0.15) is 25.5 Å². The van der Waals surface area contributed by atoms with Crippen LogP contribution in [-0.4, -0.2) is 100 Å². The number of carbonyl (C=O) groups excluding carboxylic acids is 5. The van der Waals surface area contributed by atoms with Gasteiger partial charge in [-0.3, -0.25) is 49.5 Å². The van der Waals surface area contributed by atoms with E-state index < -0.39 is 5.82 Å². The lowest BCUT2D eigenvalue weighted by atomic mass is 10.0. The summed E-state index contributed by atoms with van der Waals surface area (Å²) in [5.74, 6) is -0.721. The predicted octanol–water partition coefficient (Wildman–Crippen LogP) is 20.1. The molecular formula is C101H91FN10O9. The number of aromatic nitrogens is 10. The van der Waals surface area contributed by atoms with Crippen molar-refractivity contribution in [2.75, 3.05) is 0 Å². The van der Waals surface area contributed by atoms with E-state index in [-0.39, 0.29) is 55.3 Å². The van der Waals surface area contributed by atoms with Gasteiger partial charge in [-0.1, -0.05) is 234 Å². The van der Waals surface area contributed by atoms with Gasteiger partial charge in [-0.15, -0.1) is 0 Å². The molecule has 9 N–H and O–H groups in total. The summed E-state index contributed by atoms with van der Waals surface area (Å²) in [6, 6.07) is 80.2. The molecule has 121 heavy (non-hydrogen) atoms. The van der Waals surface area contributed by atoms with Gasteiger partial charge in [0.25, 0.3) is 0 Å². The largest absolute Gasteiger partial charge is 0.392 e. The summed E-state index contributed by atoms with van der Waals surface area (Å²) in [5.41, 5.74) is 25.7. The Labute approximate surface area is 700 Å². The van der Waals surface area contributed by atoms with Crippen molar-refractivity contribution in [2.24, 2.45) is 0 Å². The number of aromatic amines is 5. The molecule has 0 aliphatic rings. The maximum absolute atomic E-state index is 14.1. The molecular weight excluding hydrogens is 1520 g/mol. The van der Waals surface area contributed by atoms with E-state index in [4.69, 9.17) is 10.2 Å². The third-order valence-corrected chi connectivity index (χ3v) is 19.4. The van der Waals surface area contributed by atoms with Gasteiger partial charge in [0.1, 0.15) is 5.82 Å². The van der Waals surface area contributed by atoms with E-state index in [1.165, 1.54) is 35.4 Å². The van der Waals surface area contributed by atoms with Crippen LogP contribution in [0.25, 0.3) is 86.7 Å². The highest BCUT2D eigenvalue weighted by Gasteiger charge is 2.14. The van der Waals surface area contributed by atoms with Crippen molar-refractivity contribution in [3.8, 4) is 56.3 Å². The summed E-state index contributed by atoms with van der Waals surface area (Å²) in [5, 5.41) is 72.4. The van der Waals surface area contributed by atoms with Crippen LogP contribution in [0.15, 0.2) is 291 Å². The molecule has 20 heteroatoms. The second-order valence-electron chi connectivity index (χ2n) is 28.7. The highest BCUT2D eigenvalue weighted by molar-refractivity contribution is 6.09. The molecule has 0 saturated heterocycles. The van der Waals surface area contributed by atoms with Crippen LogP contribution >= 0.6 is 0 Å². The summed E-state index contributed by atoms with van der Waals surface area (Å²) < 4.78 is 14.1. The Morgan fingerprint density at radius 3 is 0.909 bits per heavy atom. The third-order valence-electron chi connectivity index (χ3n) is 19.4. The zero-order chi connectivity index (χ0) is 85.7. The Morgan fingerprint density at radius 1 is 0.281 bits per heavy atom.